The Bertz CT molecular complexity index is 267. The molecule has 19 heavy (non-hydrogen) atoms. The van der Waals surface area contributed by atoms with Gasteiger partial charge in [0.1, 0.15) is 0 Å². The lowest BCUT2D eigenvalue weighted by molar-refractivity contribution is 0.144. The Labute approximate surface area is 118 Å². The molecule has 2 atom stereocenters. The van der Waals surface area contributed by atoms with Crippen molar-refractivity contribution < 1.29 is 5.11 Å². The molecule has 112 valence electrons. The summed E-state index contributed by atoms with van der Waals surface area (Å²) < 4.78 is 0. The quantitative estimate of drug-likeness (QED) is 0.744. The second kappa shape index (κ2) is 7.05. The van der Waals surface area contributed by atoms with E-state index < -0.39 is 0 Å². The van der Waals surface area contributed by atoms with Crippen LogP contribution in [-0.4, -0.2) is 47.8 Å². The summed E-state index contributed by atoms with van der Waals surface area (Å²) >= 11 is 0. The fourth-order valence-electron chi connectivity index (χ4n) is 3.18. The first kappa shape index (κ1) is 15.3. The van der Waals surface area contributed by atoms with Crippen LogP contribution in [0.2, 0.25) is 0 Å². The maximum Gasteiger partial charge on any atom is 0.0611 e. The molecule has 0 aromatic rings. The van der Waals surface area contributed by atoms with Crippen molar-refractivity contribution >= 4 is 0 Å². The molecule has 2 N–H and O–H groups in total. The SMILES string of the molecule is CCC1CCCN(CCC(C)(CO)NC2CC2)CC1. The van der Waals surface area contributed by atoms with Gasteiger partial charge in [-0.25, -0.2) is 0 Å². The Kier molecular flexibility index (Phi) is 5.67. The van der Waals surface area contributed by atoms with Gasteiger partial charge in [-0.3, -0.25) is 0 Å². The molecule has 3 nitrogen and oxygen atoms in total. The first-order valence-corrected chi connectivity index (χ1v) is 8.26. The Morgan fingerprint density at radius 1 is 1.21 bits per heavy atom. The normalized spacial score (nSPS) is 28.9. The molecule has 0 spiro atoms. The molecule has 0 aromatic carbocycles. The van der Waals surface area contributed by atoms with Crippen molar-refractivity contribution in [2.75, 3.05) is 26.2 Å². The van der Waals surface area contributed by atoms with Crippen molar-refractivity contribution in [1.82, 2.24) is 10.2 Å². The minimum Gasteiger partial charge on any atom is -0.394 e. The summed E-state index contributed by atoms with van der Waals surface area (Å²) in [5.41, 5.74) is -0.0718. The fraction of sp³-hybridized carbons (Fsp3) is 1.00. The van der Waals surface area contributed by atoms with Crippen molar-refractivity contribution in [2.45, 2.75) is 70.4 Å². The second-order valence-corrected chi connectivity index (χ2v) is 6.93. The molecule has 3 heteroatoms. The lowest BCUT2D eigenvalue weighted by Crippen LogP contribution is -2.49. The summed E-state index contributed by atoms with van der Waals surface area (Å²) in [6, 6.07) is 0.672. The van der Waals surface area contributed by atoms with Gasteiger partial charge in [-0.2, -0.15) is 0 Å². The van der Waals surface area contributed by atoms with E-state index in [9.17, 15) is 5.11 Å². The Hall–Kier alpha value is -0.120. The van der Waals surface area contributed by atoms with Gasteiger partial charge < -0.3 is 15.3 Å². The first-order valence-electron chi connectivity index (χ1n) is 8.26. The number of hydrogen-bond donors (Lipinski definition) is 2. The molecular weight excluding hydrogens is 236 g/mol. The predicted octanol–water partition coefficient (Wildman–Crippen LogP) is 2.39. The highest BCUT2D eigenvalue weighted by Crippen LogP contribution is 2.25. The average Bonchev–Trinajstić information content (AvgIpc) is 3.23. The van der Waals surface area contributed by atoms with Crippen LogP contribution in [0.1, 0.15) is 58.8 Å². The van der Waals surface area contributed by atoms with Crippen molar-refractivity contribution in [1.29, 1.82) is 0 Å². The van der Waals surface area contributed by atoms with E-state index in [0.29, 0.717) is 6.04 Å². The Balaban J connectivity index is 1.73. The molecule has 2 unspecified atom stereocenters. The summed E-state index contributed by atoms with van der Waals surface area (Å²) in [4.78, 5) is 2.61. The number of nitrogens with zero attached hydrogens (tertiary/aromatic N) is 1. The van der Waals surface area contributed by atoms with Crippen molar-refractivity contribution in [3.8, 4) is 0 Å². The van der Waals surface area contributed by atoms with Crippen LogP contribution in [-0.2, 0) is 0 Å². The third-order valence-corrected chi connectivity index (χ3v) is 4.98. The molecule has 1 saturated heterocycles. The Morgan fingerprint density at radius 2 is 2.00 bits per heavy atom. The van der Waals surface area contributed by atoms with Crippen LogP contribution >= 0.6 is 0 Å². The van der Waals surface area contributed by atoms with Gasteiger partial charge >= 0.3 is 0 Å². The largest absolute Gasteiger partial charge is 0.394 e. The monoisotopic (exact) mass is 268 g/mol. The zero-order valence-electron chi connectivity index (χ0n) is 12.8. The molecule has 1 saturated carbocycles. The first-order chi connectivity index (χ1) is 9.15. The maximum atomic E-state index is 9.65. The molecule has 0 amide bonds. The fourth-order valence-corrected chi connectivity index (χ4v) is 3.18. The molecule has 1 aliphatic carbocycles. The number of aliphatic hydroxyl groups excluding tert-OH is 1. The number of nitrogens with one attached hydrogen (secondary N) is 1. The zero-order chi connectivity index (χ0) is 13.7. The van der Waals surface area contributed by atoms with Crippen LogP contribution in [0, 0.1) is 5.92 Å². The van der Waals surface area contributed by atoms with E-state index >= 15 is 0 Å². The van der Waals surface area contributed by atoms with Crippen LogP contribution in [0.15, 0.2) is 0 Å². The highest BCUT2D eigenvalue weighted by Gasteiger charge is 2.32. The average molecular weight is 268 g/mol. The minimum absolute atomic E-state index is 0.0718. The van der Waals surface area contributed by atoms with Gasteiger partial charge in [0.05, 0.1) is 6.61 Å². The van der Waals surface area contributed by atoms with E-state index in [1.165, 1.54) is 51.6 Å². The minimum atomic E-state index is -0.0718. The van der Waals surface area contributed by atoms with Crippen molar-refractivity contribution in [2.24, 2.45) is 5.92 Å². The number of rotatable bonds is 7. The highest BCUT2D eigenvalue weighted by molar-refractivity contribution is 4.92. The van der Waals surface area contributed by atoms with E-state index in [4.69, 9.17) is 0 Å². The smallest absolute Gasteiger partial charge is 0.0611 e. The second-order valence-electron chi connectivity index (χ2n) is 6.93. The van der Waals surface area contributed by atoms with Crippen molar-refractivity contribution in [3.05, 3.63) is 0 Å². The standard InChI is InChI=1S/C16H32N2O/c1-3-14-5-4-10-18(11-8-14)12-9-16(2,13-19)17-15-6-7-15/h14-15,17,19H,3-13H2,1-2H3. The number of aliphatic hydroxyl groups is 1. The van der Waals surface area contributed by atoms with E-state index in [0.717, 1.165) is 18.9 Å². The lowest BCUT2D eigenvalue weighted by atomic mass is 9.98. The third kappa shape index (κ3) is 5.05. The summed E-state index contributed by atoms with van der Waals surface area (Å²) in [7, 11) is 0. The third-order valence-electron chi connectivity index (χ3n) is 4.98. The molecule has 0 bridgehead atoms. The van der Waals surface area contributed by atoms with Gasteiger partial charge in [0.15, 0.2) is 0 Å². The topological polar surface area (TPSA) is 35.5 Å². The van der Waals surface area contributed by atoms with E-state index in [-0.39, 0.29) is 12.1 Å². The van der Waals surface area contributed by atoms with E-state index in [2.05, 4.69) is 24.1 Å². The highest BCUT2D eigenvalue weighted by atomic mass is 16.3. The van der Waals surface area contributed by atoms with Gasteiger partial charge in [-0.1, -0.05) is 13.3 Å². The summed E-state index contributed by atoms with van der Waals surface area (Å²) in [6.45, 7) is 8.40. The van der Waals surface area contributed by atoms with E-state index in [1.54, 1.807) is 0 Å². The number of likely N-dealkylation sites (tertiary alicyclic amines) is 1. The molecule has 1 heterocycles. The van der Waals surface area contributed by atoms with Crippen LogP contribution < -0.4 is 5.32 Å². The molecule has 2 aliphatic rings. The summed E-state index contributed by atoms with van der Waals surface area (Å²) in [6.07, 6.45) is 9.11. The lowest BCUT2D eigenvalue weighted by Gasteiger charge is -2.32. The van der Waals surface area contributed by atoms with Crippen molar-refractivity contribution in [3.63, 3.8) is 0 Å². The molecule has 1 aliphatic heterocycles. The van der Waals surface area contributed by atoms with Crippen LogP contribution in [0.3, 0.4) is 0 Å². The number of hydrogen-bond acceptors (Lipinski definition) is 3. The van der Waals surface area contributed by atoms with Gasteiger partial charge in [0.25, 0.3) is 0 Å². The molecule has 2 fully saturated rings. The van der Waals surface area contributed by atoms with Crippen LogP contribution in [0.25, 0.3) is 0 Å². The van der Waals surface area contributed by atoms with Gasteiger partial charge in [0.2, 0.25) is 0 Å². The molecule has 2 rings (SSSR count). The van der Waals surface area contributed by atoms with Crippen LogP contribution in [0.5, 0.6) is 0 Å². The zero-order valence-corrected chi connectivity index (χ0v) is 12.8. The Morgan fingerprint density at radius 3 is 2.63 bits per heavy atom. The van der Waals surface area contributed by atoms with Gasteiger partial charge in [-0.15, -0.1) is 0 Å². The maximum absolute atomic E-state index is 9.65. The summed E-state index contributed by atoms with van der Waals surface area (Å²) in [5.74, 6) is 0.943. The predicted molar refractivity (Wildman–Crippen MR) is 80.3 cm³/mol. The van der Waals surface area contributed by atoms with Gasteiger partial charge in [-0.05, 0) is 71.0 Å². The molecule has 0 aromatic heterocycles. The van der Waals surface area contributed by atoms with Gasteiger partial charge in [0, 0.05) is 11.6 Å². The molecule has 0 radical (unpaired) electrons. The molecular formula is C16H32N2O. The van der Waals surface area contributed by atoms with Crippen LogP contribution in [0.4, 0.5) is 0 Å². The van der Waals surface area contributed by atoms with E-state index in [1.807, 2.05) is 0 Å². The summed E-state index contributed by atoms with van der Waals surface area (Å²) in [5, 5.41) is 13.3.